The maximum Gasteiger partial charge on any atom is 0.105 e. The van der Waals surface area contributed by atoms with Crippen molar-refractivity contribution < 1.29 is 4.48 Å². The van der Waals surface area contributed by atoms with Crippen molar-refractivity contribution in [1.82, 2.24) is 0 Å². The quantitative estimate of drug-likeness (QED) is 0.0612. The number of hydrogen-bond donors (Lipinski definition) is 0. The number of nitrogens with zero attached hydrogens (tertiary/aromatic N) is 1. The summed E-state index contributed by atoms with van der Waals surface area (Å²) < 4.78 is 1.16. The molecule has 0 fully saturated rings. The zero-order valence-corrected chi connectivity index (χ0v) is 27.1. The van der Waals surface area contributed by atoms with Crippen molar-refractivity contribution in [1.29, 1.82) is 0 Å². The third kappa shape index (κ3) is 18.1. The molecule has 2 rings (SSSR count). The summed E-state index contributed by atoms with van der Waals surface area (Å²) >= 11 is 0. The van der Waals surface area contributed by atoms with E-state index in [0.29, 0.717) is 0 Å². The third-order valence-corrected chi connectivity index (χ3v) is 8.51. The fourth-order valence-corrected chi connectivity index (χ4v) is 6.07. The normalized spacial score (nSPS) is 12.1. The molecular formula is C40H64N+. The van der Waals surface area contributed by atoms with E-state index in [1.165, 1.54) is 140 Å². The van der Waals surface area contributed by atoms with Gasteiger partial charge in [0.05, 0.1) is 13.1 Å². The number of hydrogen-bond acceptors (Lipinski definition) is 0. The highest BCUT2D eigenvalue weighted by Crippen LogP contribution is 2.23. The molecule has 0 heterocycles. The molecule has 0 N–H and O–H groups in total. The van der Waals surface area contributed by atoms with Crippen LogP contribution in [0.1, 0.15) is 141 Å². The highest BCUT2D eigenvalue weighted by molar-refractivity contribution is 5.15. The predicted octanol–water partition coefficient (Wildman–Crippen LogP) is 12.4. The number of benzene rings is 2. The van der Waals surface area contributed by atoms with Gasteiger partial charge in [0, 0.05) is 24.0 Å². The monoisotopic (exact) mass is 559 g/mol. The van der Waals surface area contributed by atoms with Gasteiger partial charge in [0.25, 0.3) is 0 Å². The summed E-state index contributed by atoms with van der Waals surface area (Å²) in [5.74, 6) is 0. The Bertz CT molecular complexity index is 806. The van der Waals surface area contributed by atoms with E-state index >= 15 is 0 Å². The fourth-order valence-electron chi connectivity index (χ4n) is 6.07. The van der Waals surface area contributed by atoms with Gasteiger partial charge in [-0.05, 0) is 38.5 Å². The van der Waals surface area contributed by atoms with Gasteiger partial charge in [-0.15, -0.1) is 0 Å². The Hall–Kier alpha value is -2.12. The molecule has 0 radical (unpaired) electrons. The summed E-state index contributed by atoms with van der Waals surface area (Å²) in [5.41, 5.74) is 2.95. The predicted molar refractivity (Wildman–Crippen MR) is 183 cm³/mol. The molecule has 0 bridgehead atoms. The summed E-state index contributed by atoms with van der Waals surface area (Å²) in [6.07, 6.45) is 33.9. The second kappa shape index (κ2) is 24.5. The Kier molecular flexibility index (Phi) is 20.9. The van der Waals surface area contributed by atoms with Crippen molar-refractivity contribution in [3.63, 3.8) is 0 Å². The fraction of sp³-hybridized carbons (Fsp3) is 0.600. The van der Waals surface area contributed by atoms with Crippen LogP contribution in [0.4, 0.5) is 0 Å². The van der Waals surface area contributed by atoms with Gasteiger partial charge in [0.2, 0.25) is 0 Å². The van der Waals surface area contributed by atoms with Gasteiger partial charge < -0.3 is 4.48 Å². The SMILES string of the molecule is CCCCCCCC/C=C/CCC[N+](CCC/C=C/CCCCCCCC)(Cc1ccccc1)Cc1ccccc1. The van der Waals surface area contributed by atoms with Crippen molar-refractivity contribution in [3.8, 4) is 0 Å². The molecule has 2 aromatic carbocycles. The van der Waals surface area contributed by atoms with E-state index in [0.717, 1.165) is 17.6 Å². The maximum atomic E-state index is 2.47. The highest BCUT2D eigenvalue weighted by atomic mass is 15.3. The first-order valence-electron chi connectivity index (χ1n) is 17.5. The van der Waals surface area contributed by atoms with Crippen LogP contribution in [0.3, 0.4) is 0 Å². The van der Waals surface area contributed by atoms with Crippen LogP contribution in [0, 0.1) is 0 Å². The molecule has 1 heteroatoms. The smallest absolute Gasteiger partial charge is 0.105 e. The topological polar surface area (TPSA) is 0 Å². The van der Waals surface area contributed by atoms with Crippen LogP contribution in [0.5, 0.6) is 0 Å². The average molecular weight is 559 g/mol. The molecule has 0 aliphatic rings. The first-order chi connectivity index (χ1) is 20.3. The van der Waals surface area contributed by atoms with Gasteiger partial charge in [-0.1, -0.05) is 163 Å². The average Bonchev–Trinajstić information content (AvgIpc) is 3.00. The molecule has 0 amide bonds. The zero-order valence-electron chi connectivity index (χ0n) is 27.1. The van der Waals surface area contributed by atoms with Crippen LogP contribution in [-0.4, -0.2) is 17.6 Å². The van der Waals surface area contributed by atoms with E-state index in [9.17, 15) is 0 Å². The van der Waals surface area contributed by atoms with Crippen LogP contribution in [0.2, 0.25) is 0 Å². The molecule has 0 aliphatic carbocycles. The Labute approximate surface area is 255 Å². The lowest BCUT2D eigenvalue weighted by molar-refractivity contribution is -0.954. The minimum atomic E-state index is 1.12. The molecule has 0 aromatic heterocycles. The number of allylic oxidation sites excluding steroid dienone is 4. The first kappa shape index (κ1) is 35.1. The van der Waals surface area contributed by atoms with Crippen LogP contribution in [-0.2, 0) is 13.1 Å². The molecule has 228 valence electrons. The van der Waals surface area contributed by atoms with E-state index in [1.807, 2.05) is 0 Å². The van der Waals surface area contributed by atoms with E-state index in [2.05, 4.69) is 98.8 Å². The number of rotatable bonds is 26. The van der Waals surface area contributed by atoms with E-state index in [4.69, 9.17) is 0 Å². The van der Waals surface area contributed by atoms with Crippen molar-refractivity contribution in [2.45, 2.75) is 143 Å². The summed E-state index contributed by atoms with van der Waals surface area (Å²) in [4.78, 5) is 0. The van der Waals surface area contributed by atoms with Crippen molar-refractivity contribution in [2.24, 2.45) is 0 Å². The lowest BCUT2D eigenvalue weighted by Gasteiger charge is -2.39. The van der Waals surface area contributed by atoms with Crippen LogP contribution < -0.4 is 0 Å². The molecule has 0 unspecified atom stereocenters. The molecule has 0 spiro atoms. The van der Waals surface area contributed by atoms with E-state index < -0.39 is 0 Å². The lowest BCUT2D eigenvalue weighted by Crippen LogP contribution is -2.48. The lowest BCUT2D eigenvalue weighted by atomic mass is 10.1. The Balaban J connectivity index is 1.92. The van der Waals surface area contributed by atoms with Gasteiger partial charge in [0.15, 0.2) is 0 Å². The third-order valence-electron chi connectivity index (χ3n) is 8.51. The second-order valence-electron chi connectivity index (χ2n) is 12.4. The second-order valence-corrected chi connectivity index (χ2v) is 12.4. The minimum Gasteiger partial charge on any atom is -0.316 e. The summed E-state index contributed by atoms with van der Waals surface area (Å²) in [7, 11) is 0. The van der Waals surface area contributed by atoms with Crippen LogP contribution >= 0.6 is 0 Å². The molecule has 0 saturated carbocycles. The zero-order chi connectivity index (χ0) is 29.1. The van der Waals surface area contributed by atoms with Crippen LogP contribution in [0.15, 0.2) is 85.0 Å². The van der Waals surface area contributed by atoms with E-state index in [1.54, 1.807) is 0 Å². The summed E-state index contributed by atoms with van der Waals surface area (Å²) in [6.45, 7) is 9.33. The van der Waals surface area contributed by atoms with Gasteiger partial charge in [-0.3, -0.25) is 0 Å². The Morgan fingerprint density at radius 2 is 0.756 bits per heavy atom. The minimum absolute atomic E-state index is 1.12. The van der Waals surface area contributed by atoms with Crippen molar-refractivity contribution in [3.05, 3.63) is 96.1 Å². The maximum absolute atomic E-state index is 2.47. The molecule has 0 saturated heterocycles. The van der Waals surface area contributed by atoms with Gasteiger partial charge >= 0.3 is 0 Å². The van der Waals surface area contributed by atoms with Crippen LogP contribution in [0.25, 0.3) is 0 Å². The molecule has 41 heavy (non-hydrogen) atoms. The van der Waals surface area contributed by atoms with Crippen molar-refractivity contribution >= 4 is 0 Å². The van der Waals surface area contributed by atoms with Crippen molar-refractivity contribution in [2.75, 3.05) is 13.1 Å². The van der Waals surface area contributed by atoms with Gasteiger partial charge in [0.1, 0.15) is 13.1 Å². The standard InChI is InChI=1S/C40H64N/c1-3-5-7-9-11-13-15-17-19-21-29-35-41(37-39-31-25-23-26-32-39,38-40-33-27-24-28-34-40)36-30-22-20-18-16-14-12-10-8-6-4-2/h17-20,23-28,31-34H,3-16,21-22,29-30,35-38H2,1-2H3/q+1/b19-17+,20-18+. The summed E-state index contributed by atoms with van der Waals surface area (Å²) in [6, 6.07) is 22.5. The number of quaternary nitrogens is 1. The highest BCUT2D eigenvalue weighted by Gasteiger charge is 2.27. The molecule has 0 aliphatic heterocycles. The molecule has 0 atom stereocenters. The molecular weight excluding hydrogens is 494 g/mol. The Morgan fingerprint density at radius 1 is 0.415 bits per heavy atom. The van der Waals surface area contributed by atoms with E-state index in [-0.39, 0.29) is 0 Å². The number of unbranched alkanes of at least 4 members (excludes halogenated alkanes) is 14. The van der Waals surface area contributed by atoms with Gasteiger partial charge in [-0.25, -0.2) is 0 Å². The van der Waals surface area contributed by atoms with Gasteiger partial charge in [-0.2, -0.15) is 0 Å². The largest absolute Gasteiger partial charge is 0.316 e. The molecule has 2 aromatic rings. The summed E-state index contributed by atoms with van der Waals surface area (Å²) in [5, 5.41) is 0. The molecule has 1 nitrogen and oxygen atoms in total. The Morgan fingerprint density at radius 3 is 1.15 bits per heavy atom. The first-order valence-corrected chi connectivity index (χ1v) is 17.5.